The highest BCUT2D eigenvalue weighted by Gasteiger charge is 2.43. The molecule has 18 heavy (non-hydrogen) atoms. The largest absolute Gasteiger partial charge is 0.313 e. The lowest BCUT2D eigenvalue weighted by atomic mass is 9.80. The third-order valence-corrected chi connectivity index (χ3v) is 6.05. The number of hydrogen-bond donors (Lipinski definition) is 1. The molecule has 0 aromatic heterocycles. The molecule has 0 saturated heterocycles. The zero-order chi connectivity index (χ0) is 12.7. The Morgan fingerprint density at radius 2 is 2.17 bits per heavy atom. The summed E-state index contributed by atoms with van der Waals surface area (Å²) in [6.07, 6.45) is 5.75. The van der Waals surface area contributed by atoms with Crippen LogP contribution in [0.1, 0.15) is 37.3 Å². The molecule has 4 unspecified atom stereocenters. The van der Waals surface area contributed by atoms with Gasteiger partial charge in [-0.05, 0) is 77.7 Å². The van der Waals surface area contributed by atoms with Crippen molar-refractivity contribution >= 4 is 27.5 Å². The maximum Gasteiger partial charge on any atom is 0.0548 e. The van der Waals surface area contributed by atoms with Crippen molar-refractivity contribution in [2.24, 2.45) is 17.8 Å². The van der Waals surface area contributed by atoms with Crippen LogP contribution in [0.5, 0.6) is 0 Å². The molecule has 0 heterocycles. The van der Waals surface area contributed by atoms with Crippen molar-refractivity contribution in [3.8, 4) is 0 Å². The fourth-order valence-corrected chi connectivity index (χ4v) is 4.55. The van der Waals surface area contributed by atoms with Crippen LogP contribution in [-0.4, -0.2) is 7.05 Å². The highest BCUT2D eigenvalue weighted by molar-refractivity contribution is 9.10. The highest BCUT2D eigenvalue weighted by atomic mass is 79.9. The van der Waals surface area contributed by atoms with E-state index in [9.17, 15) is 0 Å². The summed E-state index contributed by atoms with van der Waals surface area (Å²) in [5, 5.41) is 4.32. The molecule has 1 nitrogen and oxygen atoms in total. The van der Waals surface area contributed by atoms with Crippen LogP contribution in [0.25, 0.3) is 0 Å². The Morgan fingerprint density at radius 3 is 2.72 bits per heavy atom. The molecule has 98 valence electrons. The quantitative estimate of drug-likeness (QED) is 0.840. The van der Waals surface area contributed by atoms with Crippen molar-refractivity contribution in [3.05, 3.63) is 33.3 Å². The number of rotatable bonds is 3. The second kappa shape index (κ2) is 5.15. The van der Waals surface area contributed by atoms with E-state index >= 15 is 0 Å². The van der Waals surface area contributed by atoms with Gasteiger partial charge in [0.1, 0.15) is 0 Å². The maximum absolute atomic E-state index is 6.08. The van der Waals surface area contributed by atoms with Crippen molar-refractivity contribution in [2.75, 3.05) is 7.05 Å². The Bertz CT molecular complexity index is 448. The minimum absolute atomic E-state index is 0.480. The molecule has 0 amide bonds. The summed E-state index contributed by atoms with van der Waals surface area (Å²) in [6.45, 7) is 0. The molecular formula is C15H19BrClN. The number of benzene rings is 1. The van der Waals surface area contributed by atoms with Gasteiger partial charge in [-0.3, -0.25) is 0 Å². The lowest BCUT2D eigenvalue weighted by molar-refractivity contribution is 0.259. The van der Waals surface area contributed by atoms with Gasteiger partial charge in [-0.2, -0.15) is 0 Å². The Morgan fingerprint density at radius 1 is 1.33 bits per heavy atom. The minimum atomic E-state index is 0.480. The van der Waals surface area contributed by atoms with Crippen LogP contribution < -0.4 is 5.32 Å². The summed E-state index contributed by atoms with van der Waals surface area (Å²) >= 11 is 9.62. The van der Waals surface area contributed by atoms with Gasteiger partial charge in [0.15, 0.2) is 0 Å². The molecule has 1 N–H and O–H groups in total. The van der Waals surface area contributed by atoms with Gasteiger partial charge in [0.2, 0.25) is 0 Å². The van der Waals surface area contributed by atoms with Crippen molar-refractivity contribution in [2.45, 2.75) is 31.7 Å². The SMILES string of the molecule is CNC(c1ccc(Cl)c(Br)c1)C1CC2CCC1C2. The molecule has 4 atom stereocenters. The second-order valence-corrected chi connectivity index (χ2v) is 7.04. The number of hydrogen-bond acceptors (Lipinski definition) is 1. The van der Waals surface area contributed by atoms with E-state index in [1.807, 2.05) is 6.07 Å². The van der Waals surface area contributed by atoms with Gasteiger partial charge < -0.3 is 5.32 Å². The van der Waals surface area contributed by atoms with Crippen molar-refractivity contribution in [3.63, 3.8) is 0 Å². The molecular weight excluding hydrogens is 310 g/mol. The fraction of sp³-hybridized carbons (Fsp3) is 0.600. The van der Waals surface area contributed by atoms with E-state index < -0.39 is 0 Å². The lowest BCUT2D eigenvalue weighted by Gasteiger charge is -2.31. The van der Waals surface area contributed by atoms with Gasteiger partial charge in [0, 0.05) is 10.5 Å². The molecule has 0 spiro atoms. The van der Waals surface area contributed by atoms with Gasteiger partial charge in [-0.1, -0.05) is 24.1 Å². The summed E-state index contributed by atoms with van der Waals surface area (Å²) < 4.78 is 1.00. The average molecular weight is 329 g/mol. The smallest absolute Gasteiger partial charge is 0.0548 e. The van der Waals surface area contributed by atoms with E-state index in [1.54, 1.807) is 0 Å². The molecule has 1 aromatic carbocycles. The topological polar surface area (TPSA) is 12.0 Å². The monoisotopic (exact) mass is 327 g/mol. The van der Waals surface area contributed by atoms with Crippen LogP contribution in [0.4, 0.5) is 0 Å². The first-order chi connectivity index (χ1) is 8.69. The average Bonchev–Trinajstić information content (AvgIpc) is 2.97. The van der Waals surface area contributed by atoms with Gasteiger partial charge in [0.25, 0.3) is 0 Å². The number of nitrogens with one attached hydrogen (secondary N) is 1. The third kappa shape index (κ3) is 2.23. The Labute approximate surface area is 122 Å². The Hall–Kier alpha value is -0.0500. The van der Waals surface area contributed by atoms with Crippen molar-refractivity contribution < 1.29 is 0 Å². The molecule has 2 bridgehead atoms. The second-order valence-electron chi connectivity index (χ2n) is 5.78. The first-order valence-corrected chi connectivity index (χ1v) is 7.98. The zero-order valence-corrected chi connectivity index (χ0v) is 13.0. The molecule has 1 aromatic rings. The van der Waals surface area contributed by atoms with Crippen molar-refractivity contribution in [1.29, 1.82) is 0 Å². The maximum atomic E-state index is 6.08. The highest BCUT2D eigenvalue weighted by Crippen LogP contribution is 2.52. The van der Waals surface area contributed by atoms with E-state index in [0.717, 1.165) is 27.2 Å². The molecule has 2 saturated carbocycles. The first kappa shape index (κ1) is 13.0. The zero-order valence-electron chi connectivity index (χ0n) is 10.6. The predicted octanol–water partition coefficient (Wildman–Crippen LogP) is 4.80. The van der Waals surface area contributed by atoms with Crippen LogP contribution in [0.3, 0.4) is 0 Å². The van der Waals surface area contributed by atoms with Crippen LogP contribution in [-0.2, 0) is 0 Å². The first-order valence-electron chi connectivity index (χ1n) is 6.81. The van der Waals surface area contributed by atoms with Crippen LogP contribution in [0.2, 0.25) is 5.02 Å². The third-order valence-electron chi connectivity index (χ3n) is 4.83. The normalized spacial score (nSPS) is 31.8. The standard InChI is InChI=1S/C15H19BrClN/c1-18-15(11-4-5-14(17)13(16)8-11)12-7-9-2-3-10(12)6-9/h4-5,8-10,12,15,18H,2-3,6-7H2,1H3. The van der Waals surface area contributed by atoms with Gasteiger partial charge in [0.05, 0.1) is 5.02 Å². The Balaban J connectivity index is 1.85. The minimum Gasteiger partial charge on any atom is -0.313 e. The number of halogens is 2. The van der Waals surface area contributed by atoms with E-state index in [1.165, 1.54) is 31.2 Å². The molecule has 0 radical (unpaired) electrons. The lowest BCUT2D eigenvalue weighted by Crippen LogP contribution is -2.28. The molecule has 2 aliphatic rings. The van der Waals surface area contributed by atoms with E-state index in [0.29, 0.717) is 6.04 Å². The molecule has 2 fully saturated rings. The van der Waals surface area contributed by atoms with E-state index in [2.05, 4.69) is 40.4 Å². The van der Waals surface area contributed by atoms with Crippen LogP contribution in [0.15, 0.2) is 22.7 Å². The summed E-state index contributed by atoms with van der Waals surface area (Å²) in [7, 11) is 2.08. The molecule has 2 aliphatic carbocycles. The van der Waals surface area contributed by atoms with E-state index in [-0.39, 0.29) is 0 Å². The summed E-state index contributed by atoms with van der Waals surface area (Å²) in [6, 6.07) is 6.82. The van der Waals surface area contributed by atoms with Crippen LogP contribution >= 0.6 is 27.5 Å². The fourth-order valence-electron chi connectivity index (χ4n) is 4.04. The summed E-state index contributed by atoms with van der Waals surface area (Å²) in [5.41, 5.74) is 1.37. The molecule has 3 heteroatoms. The summed E-state index contributed by atoms with van der Waals surface area (Å²) in [4.78, 5) is 0. The molecule has 3 rings (SSSR count). The van der Waals surface area contributed by atoms with Crippen molar-refractivity contribution in [1.82, 2.24) is 5.32 Å². The van der Waals surface area contributed by atoms with Gasteiger partial charge >= 0.3 is 0 Å². The van der Waals surface area contributed by atoms with Gasteiger partial charge in [-0.25, -0.2) is 0 Å². The predicted molar refractivity (Wildman–Crippen MR) is 79.9 cm³/mol. The summed E-state index contributed by atoms with van der Waals surface area (Å²) in [5.74, 6) is 2.73. The van der Waals surface area contributed by atoms with Crippen LogP contribution in [0, 0.1) is 17.8 Å². The van der Waals surface area contributed by atoms with Gasteiger partial charge in [-0.15, -0.1) is 0 Å². The Kier molecular flexibility index (Phi) is 3.70. The molecule has 0 aliphatic heterocycles. The van der Waals surface area contributed by atoms with E-state index in [4.69, 9.17) is 11.6 Å². The number of fused-ring (bicyclic) bond motifs is 2.